The van der Waals surface area contributed by atoms with E-state index < -0.39 is 11.2 Å². The lowest BCUT2D eigenvalue weighted by molar-refractivity contribution is -0.118. The fraction of sp³-hybridized carbons (Fsp3) is 0.429. The molecule has 0 saturated carbocycles. The Kier molecular flexibility index (Phi) is 7.72. The Morgan fingerprint density at radius 2 is 1.81 bits per heavy atom. The number of rotatable bonds is 10. The first-order valence-corrected chi connectivity index (χ1v) is 12.9. The van der Waals surface area contributed by atoms with Crippen LogP contribution in [-0.2, 0) is 24.3 Å². The Hall–Kier alpha value is -3.68. The van der Waals surface area contributed by atoms with Crippen molar-refractivity contribution >= 4 is 33.5 Å². The largest absolute Gasteiger partial charge is 0.330 e. The lowest BCUT2D eigenvalue weighted by Crippen LogP contribution is -2.31. The van der Waals surface area contributed by atoms with Crippen molar-refractivity contribution in [3.8, 4) is 0 Å². The molecule has 190 valence electrons. The number of aromatic nitrogens is 4. The highest BCUT2D eigenvalue weighted by atomic mass is 16.2. The number of hydrogen-bond donors (Lipinski definition) is 1. The standard InChI is InChI=1S/C28H35N5O3/c1-5-7-17-32-26-25(27(35)30-28(32)36)33(18-19(3)4)23(29-26)15-16-24(34)31(6-2)22-14-10-12-20-11-8-9-13-21(20)22/h8-14,19H,5-7,15-18H2,1-4H3,(H,30,35,36). The van der Waals surface area contributed by atoms with E-state index in [4.69, 9.17) is 4.98 Å². The number of carbonyl (C=O) groups is 1. The van der Waals surface area contributed by atoms with Gasteiger partial charge in [-0.05, 0) is 30.7 Å². The molecule has 0 saturated heterocycles. The van der Waals surface area contributed by atoms with Crippen LogP contribution in [0, 0.1) is 5.92 Å². The maximum atomic E-state index is 13.4. The van der Waals surface area contributed by atoms with E-state index in [1.807, 2.05) is 58.9 Å². The zero-order valence-corrected chi connectivity index (χ0v) is 21.6. The van der Waals surface area contributed by atoms with Gasteiger partial charge in [0.1, 0.15) is 5.82 Å². The van der Waals surface area contributed by atoms with Crippen molar-refractivity contribution in [1.82, 2.24) is 19.1 Å². The van der Waals surface area contributed by atoms with Crippen molar-refractivity contribution in [2.75, 3.05) is 11.4 Å². The highest BCUT2D eigenvalue weighted by molar-refractivity contribution is 6.03. The molecule has 2 heterocycles. The summed E-state index contributed by atoms with van der Waals surface area (Å²) in [5.74, 6) is 0.909. The number of imidazole rings is 1. The van der Waals surface area contributed by atoms with Gasteiger partial charge >= 0.3 is 5.69 Å². The van der Waals surface area contributed by atoms with Crippen LogP contribution in [0.1, 0.15) is 52.8 Å². The predicted molar refractivity (Wildman–Crippen MR) is 145 cm³/mol. The first-order chi connectivity index (χ1) is 17.3. The first kappa shape index (κ1) is 25.4. The zero-order valence-electron chi connectivity index (χ0n) is 21.6. The molecule has 1 amide bonds. The molecule has 4 rings (SSSR count). The third-order valence-corrected chi connectivity index (χ3v) is 6.48. The first-order valence-electron chi connectivity index (χ1n) is 12.9. The molecule has 8 heteroatoms. The topological polar surface area (TPSA) is 93.0 Å². The van der Waals surface area contributed by atoms with Gasteiger partial charge in [-0.2, -0.15) is 0 Å². The van der Waals surface area contributed by atoms with Crippen LogP contribution >= 0.6 is 0 Å². The number of amides is 1. The van der Waals surface area contributed by atoms with E-state index >= 15 is 0 Å². The fourth-order valence-electron chi connectivity index (χ4n) is 4.77. The second-order valence-electron chi connectivity index (χ2n) is 9.61. The van der Waals surface area contributed by atoms with Gasteiger partial charge in [0.25, 0.3) is 5.56 Å². The van der Waals surface area contributed by atoms with Crippen molar-refractivity contribution in [3.63, 3.8) is 0 Å². The van der Waals surface area contributed by atoms with Crippen molar-refractivity contribution in [2.45, 2.75) is 66.5 Å². The number of nitrogens with one attached hydrogen (secondary N) is 1. The second kappa shape index (κ2) is 10.9. The average molecular weight is 490 g/mol. The van der Waals surface area contributed by atoms with E-state index in [9.17, 15) is 14.4 Å². The minimum absolute atomic E-state index is 0.00529. The van der Waals surface area contributed by atoms with Gasteiger partial charge in [-0.1, -0.05) is 63.6 Å². The number of aryl methyl sites for hydroxylation is 2. The number of fused-ring (bicyclic) bond motifs is 2. The molecule has 0 aliphatic heterocycles. The van der Waals surface area contributed by atoms with Crippen LogP contribution in [0.4, 0.5) is 5.69 Å². The highest BCUT2D eigenvalue weighted by Crippen LogP contribution is 2.27. The molecule has 0 atom stereocenters. The van der Waals surface area contributed by atoms with Gasteiger partial charge < -0.3 is 9.47 Å². The predicted octanol–water partition coefficient (Wildman–Crippen LogP) is 4.48. The van der Waals surface area contributed by atoms with Crippen LogP contribution in [0.2, 0.25) is 0 Å². The van der Waals surface area contributed by atoms with E-state index in [0.29, 0.717) is 43.0 Å². The molecule has 0 fully saturated rings. The lowest BCUT2D eigenvalue weighted by Gasteiger charge is -2.23. The van der Waals surface area contributed by atoms with Gasteiger partial charge in [0.05, 0.1) is 5.69 Å². The van der Waals surface area contributed by atoms with Gasteiger partial charge in [0, 0.05) is 37.9 Å². The molecule has 0 bridgehead atoms. The summed E-state index contributed by atoms with van der Waals surface area (Å²) in [6.45, 7) is 9.78. The normalized spacial score (nSPS) is 11.6. The van der Waals surface area contributed by atoms with Gasteiger partial charge in [0.2, 0.25) is 5.91 Å². The van der Waals surface area contributed by atoms with Crippen molar-refractivity contribution in [1.29, 1.82) is 0 Å². The number of nitrogens with zero attached hydrogens (tertiary/aromatic N) is 4. The number of carbonyl (C=O) groups excluding carboxylic acids is 1. The molecular formula is C28H35N5O3. The summed E-state index contributed by atoms with van der Waals surface area (Å²) in [6, 6.07) is 14.0. The Balaban J connectivity index is 1.69. The third-order valence-electron chi connectivity index (χ3n) is 6.48. The van der Waals surface area contributed by atoms with Crippen LogP contribution in [0.15, 0.2) is 52.1 Å². The number of benzene rings is 2. The summed E-state index contributed by atoms with van der Waals surface area (Å²) in [5.41, 5.74) is 0.830. The molecule has 0 aliphatic carbocycles. The molecular weight excluding hydrogens is 454 g/mol. The van der Waals surface area contributed by atoms with Crippen molar-refractivity contribution < 1.29 is 4.79 Å². The van der Waals surface area contributed by atoms with Crippen molar-refractivity contribution in [3.05, 3.63) is 69.1 Å². The van der Waals surface area contributed by atoms with Crippen molar-refractivity contribution in [2.24, 2.45) is 5.92 Å². The molecule has 0 aliphatic rings. The Labute approximate surface area is 210 Å². The molecule has 2 aromatic carbocycles. The summed E-state index contributed by atoms with van der Waals surface area (Å²) in [6.07, 6.45) is 2.35. The number of anilines is 1. The number of unbranched alkanes of at least 4 members (excludes halogenated alkanes) is 1. The summed E-state index contributed by atoms with van der Waals surface area (Å²) >= 11 is 0. The molecule has 0 radical (unpaired) electrons. The van der Waals surface area contributed by atoms with E-state index in [0.717, 1.165) is 29.3 Å². The molecule has 4 aromatic rings. The van der Waals surface area contributed by atoms with E-state index in [2.05, 4.69) is 25.8 Å². The smallest absolute Gasteiger partial charge is 0.322 e. The third kappa shape index (κ3) is 4.98. The molecule has 2 aromatic heterocycles. The molecule has 36 heavy (non-hydrogen) atoms. The minimum Gasteiger partial charge on any atom is -0.322 e. The SMILES string of the molecule is CCCCn1c(=O)[nH]c(=O)c2c1nc(CCC(=O)N(CC)c1cccc3ccccc13)n2CC(C)C. The lowest BCUT2D eigenvalue weighted by atomic mass is 10.1. The molecule has 0 spiro atoms. The monoisotopic (exact) mass is 489 g/mol. The maximum Gasteiger partial charge on any atom is 0.330 e. The summed E-state index contributed by atoms with van der Waals surface area (Å²) in [7, 11) is 0. The zero-order chi connectivity index (χ0) is 25.8. The summed E-state index contributed by atoms with van der Waals surface area (Å²) in [5, 5.41) is 2.12. The Morgan fingerprint density at radius 1 is 1.06 bits per heavy atom. The van der Waals surface area contributed by atoms with Gasteiger partial charge in [-0.15, -0.1) is 0 Å². The van der Waals surface area contributed by atoms with Crippen LogP contribution in [0.25, 0.3) is 21.9 Å². The van der Waals surface area contributed by atoms with Crippen LogP contribution in [-0.4, -0.2) is 31.6 Å². The maximum absolute atomic E-state index is 13.4. The van der Waals surface area contributed by atoms with E-state index in [1.165, 1.54) is 0 Å². The van der Waals surface area contributed by atoms with E-state index in [-0.39, 0.29) is 18.2 Å². The Bertz CT molecular complexity index is 1490. The highest BCUT2D eigenvalue weighted by Gasteiger charge is 2.22. The van der Waals surface area contributed by atoms with Crippen LogP contribution in [0.3, 0.4) is 0 Å². The minimum atomic E-state index is -0.439. The molecule has 1 N–H and O–H groups in total. The van der Waals surface area contributed by atoms with Crippen LogP contribution < -0.4 is 16.1 Å². The molecule has 8 nitrogen and oxygen atoms in total. The molecule has 0 unspecified atom stereocenters. The van der Waals surface area contributed by atoms with E-state index in [1.54, 1.807) is 4.57 Å². The van der Waals surface area contributed by atoms with Crippen LogP contribution in [0.5, 0.6) is 0 Å². The Morgan fingerprint density at radius 3 is 2.53 bits per heavy atom. The number of hydrogen-bond acceptors (Lipinski definition) is 4. The van der Waals surface area contributed by atoms with Gasteiger partial charge in [-0.3, -0.25) is 19.1 Å². The number of H-pyrrole nitrogens is 1. The summed E-state index contributed by atoms with van der Waals surface area (Å²) < 4.78 is 3.44. The summed E-state index contributed by atoms with van der Waals surface area (Å²) in [4.78, 5) is 47.9. The van der Waals surface area contributed by atoms with Gasteiger partial charge in [-0.25, -0.2) is 9.78 Å². The number of aromatic amines is 1. The second-order valence-corrected chi connectivity index (χ2v) is 9.61. The fourth-order valence-corrected chi connectivity index (χ4v) is 4.77. The van der Waals surface area contributed by atoms with Gasteiger partial charge in [0.15, 0.2) is 11.2 Å². The quantitative estimate of drug-likeness (QED) is 0.355. The average Bonchev–Trinajstić information content (AvgIpc) is 3.21.